The lowest BCUT2D eigenvalue weighted by Crippen LogP contribution is -2.20. The molecule has 0 aromatic heterocycles. The summed E-state index contributed by atoms with van der Waals surface area (Å²) < 4.78 is 27.0. The molecule has 0 saturated carbocycles. The van der Waals surface area contributed by atoms with Crippen molar-refractivity contribution in [3.63, 3.8) is 0 Å². The fourth-order valence-corrected chi connectivity index (χ4v) is 2.83. The first-order chi connectivity index (χ1) is 10.5. The summed E-state index contributed by atoms with van der Waals surface area (Å²) in [5.41, 5.74) is 1.30. The molecule has 0 fully saturated rings. The number of benzene rings is 2. The second kappa shape index (κ2) is 6.91. The van der Waals surface area contributed by atoms with Crippen LogP contribution < -0.4 is 10.0 Å². The smallest absolute Gasteiger partial charge is 0.261 e. The van der Waals surface area contributed by atoms with Crippen LogP contribution in [0.2, 0.25) is 0 Å². The maximum absolute atomic E-state index is 12.2. The molecule has 0 radical (unpaired) electrons. The number of sulfonamides is 1. The number of rotatable bonds is 6. The zero-order valence-electron chi connectivity index (χ0n) is 11.8. The molecule has 0 spiro atoms. The molecule has 0 aliphatic heterocycles. The Morgan fingerprint density at radius 1 is 1.05 bits per heavy atom. The minimum Gasteiger partial charge on any atom is -0.348 e. The van der Waals surface area contributed by atoms with Crippen molar-refractivity contribution in [1.29, 1.82) is 0 Å². The van der Waals surface area contributed by atoms with Crippen molar-refractivity contribution < 1.29 is 13.2 Å². The Morgan fingerprint density at radius 2 is 1.68 bits per heavy atom. The lowest BCUT2D eigenvalue weighted by atomic mass is 10.2. The van der Waals surface area contributed by atoms with E-state index in [1.165, 1.54) is 18.2 Å². The summed E-state index contributed by atoms with van der Waals surface area (Å²) in [6.07, 6.45) is 1.18. The molecule has 5 nitrogen and oxygen atoms in total. The van der Waals surface area contributed by atoms with E-state index in [4.69, 9.17) is 0 Å². The monoisotopic (exact) mass is 316 g/mol. The van der Waals surface area contributed by atoms with E-state index in [0.717, 1.165) is 5.56 Å². The van der Waals surface area contributed by atoms with Crippen LogP contribution in [0.5, 0.6) is 0 Å². The molecule has 2 aromatic rings. The number of anilines is 1. The summed E-state index contributed by atoms with van der Waals surface area (Å²) in [5, 5.41) is 2.62. The molecular formula is C16H16N2O3S. The third kappa shape index (κ3) is 4.20. The first kappa shape index (κ1) is 15.8. The van der Waals surface area contributed by atoms with E-state index >= 15 is 0 Å². The molecule has 0 heterocycles. The van der Waals surface area contributed by atoms with Gasteiger partial charge in [-0.2, -0.15) is 0 Å². The fraction of sp³-hybridized carbons (Fsp3) is 0.0625. The van der Waals surface area contributed by atoms with Crippen LogP contribution in [0.3, 0.4) is 0 Å². The van der Waals surface area contributed by atoms with E-state index in [9.17, 15) is 13.2 Å². The molecule has 6 heteroatoms. The van der Waals surface area contributed by atoms with Crippen LogP contribution in [0.25, 0.3) is 0 Å². The van der Waals surface area contributed by atoms with Gasteiger partial charge in [-0.15, -0.1) is 0 Å². The van der Waals surface area contributed by atoms with E-state index in [2.05, 4.69) is 16.6 Å². The highest BCUT2D eigenvalue weighted by Gasteiger charge is 2.13. The van der Waals surface area contributed by atoms with Crippen molar-refractivity contribution >= 4 is 21.6 Å². The van der Waals surface area contributed by atoms with Crippen LogP contribution in [-0.2, 0) is 21.4 Å². The van der Waals surface area contributed by atoms with Crippen LogP contribution in [0.4, 0.5) is 5.69 Å². The predicted octanol–water partition coefficient (Wildman–Crippen LogP) is 2.29. The van der Waals surface area contributed by atoms with Crippen LogP contribution >= 0.6 is 0 Å². The van der Waals surface area contributed by atoms with Crippen LogP contribution in [0.1, 0.15) is 5.56 Å². The summed E-state index contributed by atoms with van der Waals surface area (Å²) in [4.78, 5) is 11.2. The summed E-state index contributed by atoms with van der Waals surface area (Å²) in [6.45, 7) is 3.68. The third-order valence-electron chi connectivity index (χ3n) is 2.91. The lowest BCUT2D eigenvalue weighted by molar-refractivity contribution is -0.116. The lowest BCUT2D eigenvalue weighted by Gasteiger charge is -2.09. The van der Waals surface area contributed by atoms with Crippen molar-refractivity contribution in [3.05, 3.63) is 72.8 Å². The second-order valence-corrected chi connectivity index (χ2v) is 6.22. The van der Waals surface area contributed by atoms with Gasteiger partial charge in [-0.3, -0.25) is 9.52 Å². The van der Waals surface area contributed by atoms with Gasteiger partial charge in [0.15, 0.2) is 0 Å². The minimum atomic E-state index is -3.62. The summed E-state index contributed by atoms with van der Waals surface area (Å²) in [5.74, 6) is -0.276. The number of hydrogen-bond acceptors (Lipinski definition) is 3. The highest BCUT2D eigenvalue weighted by atomic mass is 32.2. The number of para-hydroxylation sites is 1. The topological polar surface area (TPSA) is 75.3 Å². The average Bonchev–Trinajstić information content (AvgIpc) is 2.53. The Balaban J connectivity index is 2.09. The van der Waals surface area contributed by atoms with Crippen molar-refractivity contribution in [3.8, 4) is 0 Å². The second-order valence-electron chi connectivity index (χ2n) is 4.54. The maximum atomic E-state index is 12.2. The van der Waals surface area contributed by atoms with Gasteiger partial charge in [0.2, 0.25) is 5.91 Å². The molecule has 0 bridgehead atoms. The quantitative estimate of drug-likeness (QED) is 0.803. The molecule has 0 atom stereocenters. The molecule has 1 amide bonds. The fourth-order valence-electron chi connectivity index (χ4n) is 1.77. The van der Waals surface area contributed by atoms with Gasteiger partial charge in [0, 0.05) is 12.2 Å². The maximum Gasteiger partial charge on any atom is 0.261 e. The number of amides is 1. The van der Waals surface area contributed by atoms with Crippen LogP contribution in [0, 0.1) is 0 Å². The van der Waals surface area contributed by atoms with Gasteiger partial charge in [-0.1, -0.05) is 36.9 Å². The molecule has 0 saturated heterocycles. The summed E-state index contributed by atoms with van der Waals surface area (Å²) >= 11 is 0. The van der Waals surface area contributed by atoms with Gasteiger partial charge in [0.1, 0.15) is 0 Å². The van der Waals surface area contributed by atoms with E-state index in [0.29, 0.717) is 12.2 Å². The molecule has 22 heavy (non-hydrogen) atoms. The first-order valence-electron chi connectivity index (χ1n) is 6.58. The highest BCUT2D eigenvalue weighted by Crippen LogP contribution is 2.16. The van der Waals surface area contributed by atoms with Crippen molar-refractivity contribution in [2.45, 2.75) is 11.4 Å². The average molecular weight is 316 g/mol. The zero-order chi connectivity index (χ0) is 16.0. The van der Waals surface area contributed by atoms with Gasteiger partial charge < -0.3 is 5.32 Å². The minimum absolute atomic E-state index is 0.162. The Labute approximate surface area is 129 Å². The molecular weight excluding hydrogens is 300 g/mol. The normalized spacial score (nSPS) is 10.7. The SMILES string of the molecule is C=CC(=O)NCc1ccc(S(=O)(=O)Nc2ccccc2)cc1. The first-order valence-corrected chi connectivity index (χ1v) is 8.06. The molecule has 2 aromatic carbocycles. The highest BCUT2D eigenvalue weighted by molar-refractivity contribution is 7.92. The van der Waals surface area contributed by atoms with Gasteiger partial charge in [0.25, 0.3) is 10.0 Å². The summed E-state index contributed by atoms with van der Waals surface area (Å²) in [6, 6.07) is 15.0. The van der Waals surface area contributed by atoms with Crippen LogP contribution in [0.15, 0.2) is 72.1 Å². The zero-order valence-corrected chi connectivity index (χ0v) is 12.6. The molecule has 2 N–H and O–H groups in total. The molecule has 0 unspecified atom stereocenters. The van der Waals surface area contributed by atoms with Crippen molar-refractivity contribution in [1.82, 2.24) is 5.32 Å². The Kier molecular flexibility index (Phi) is 4.95. The van der Waals surface area contributed by atoms with Crippen molar-refractivity contribution in [2.75, 3.05) is 4.72 Å². The number of hydrogen-bond donors (Lipinski definition) is 2. The summed E-state index contributed by atoms with van der Waals surface area (Å²) in [7, 11) is -3.62. The Hall–Kier alpha value is -2.60. The molecule has 2 rings (SSSR count). The van der Waals surface area contributed by atoms with Gasteiger partial charge >= 0.3 is 0 Å². The Bertz CT molecular complexity index is 754. The third-order valence-corrected chi connectivity index (χ3v) is 4.31. The number of nitrogens with one attached hydrogen (secondary N) is 2. The number of carbonyl (C=O) groups excluding carboxylic acids is 1. The van der Waals surface area contributed by atoms with E-state index < -0.39 is 10.0 Å². The van der Waals surface area contributed by atoms with Gasteiger partial charge in [-0.05, 0) is 35.9 Å². The van der Waals surface area contributed by atoms with Gasteiger partial charge in [0.05, 0.1) is 4.90 Å². The number of carbonyl (C=O) groups is 1. The van der Waals surface area contributed by atoms with Crippen LogP contribution in [-0.4, -0.2) is 14.3 Å². The largest absolute Gasteiger partial charge is 0.348 e. The standard InChI is InChI=1S/C16H16N2O3S/c1-2-16(19)17-12-13-8-10-15(11-9-13)22(20,21)18-14-6-4-3-5-7-14/h2-11,18H,1,12H2,(H,17,19). The Morgan fingerprint density at radius 3 is 2.27 bits per heavy atom. The molecule has 114 valence electrons. The van der Waals surface area contributed by atoms with E-state index in [1.54, 1.807) is 36.4 Å². The van der Waals surface area contributed by atoms with Crippen molar-refractivity contribution in [2.24, 2.45) is 0 Å². The van der Waals surface area contributed by atoms with E-state index in [-0.39, 0.29) is 10.8 Å². The molecule has 0 aliphatic rings. The molecule has 0 aliphatic carbocycles. The van der Waals surface area contributed by atoms with E-state index in [1.807, 2.05) is 6.07 Å². The predicted molar refractivity (Wildman–Crippen MR) is 85.7 cm³/mol. The van der Waals surface area contributed by atoms with Gasteiger partial charge in [-0.25, -0.2) is 8.42 Å².